The molecule has 2 heterocycles. The zero-order chi connectivity index (χ0) is 25.0. The molecule has 35 heavy (non-hydrogen) atoms. The van der Waals surface area contributed by atoms with Crippen LogP contribution in [-0.2, 0) is 51.0 Å². The number of rotatable bonds is 10. The summed E-state index contributed by atoms with van der Waals surface area (Å²) in [5.74, 6) is -2.36. The maximum Gasteiger partial charge on any atom is 0.442 e. The maximum atomic E-state index is 12.1. The van der Waals surface area contributed by atoms with Crippen molar-refractivity contribution in [2.45, 2.75) is 24.9 Å². The van der Waals surface area contributed by atoms with Crippen LogP contribution in [-0.4, -0.2) is 67.3 Å². The van der Waals surface area contributed by atoms with Crippen molar-refractivity contribution in [2.75, 3.05) is 13.1 Å². The van der Waals surface area contributed by atoms with E-state index in [1.165, 1.54) is 0 Å². The second-order valence-corrected chi connectivity index (χ2v) is 9.04. The van der Waals surface area contributed by atoms with E-state index in [4.69, 9.17) is 0 Å². The molecule has 0 unspecified atom stereocenters. The van der Waals surface area contributed by atoms with Crippen molar-refractivity contribution in [2.24, 2.45) is 0 Å². The van der Waals surface area contributed by atoms with Crippen LogP contribution >= 0.6 is 0 Å². The largest absolute Gasteiger partial charge is 0.442 e. The van der Waals surface area contributed by atoms with E-state index in [0.717, 1.165) is 11.1 Å². The third-order valence-corrected chi connectivity index (χ3v) is 5.96. The number of nitrogens with one attached hydrogen (secondary N) is 2. The molecule has 2 saturated heterocycles. The van der Waals surface area contributed by atoms with Crippen LogP contribution in [0.15, 0.2) is 60.7 Å². The summed E-state index contributed by atoms with van der Waals surface area (Å²) in [5, 5.41) is 5.99. The van der Waals surface area contributed by atoms with Gasteiger partial charge in [-0.05, 0) is 11.1 Å². The van der Waals surface area contributed by atoms with Gasteiger partial charge in [0.1, 0.15) is 12.1 Å². The van der Waals surface area contributed by atoms with Gasteiger partial charge in [0.05, 0.1) is 25.9 Å². The van der Waals surface area contributed by atoms with Gasteiger partial charge in [-0.25, -0.2) is 0 Å². The van der Waals surface area contributed by atoms with Crippen molar-refractivity contribution in [1.82, 2.24) is 20.8 Å². The molecule has 2 aliphatic heterocycles. The number of carbonyl (C=O) groups excluding carboxylic acids is 4. The van der Waals surface area contributed by atoms with Gasteiger partial charge >= 0.3 is 10.4 Å². The van der Waals surface area contributed by atoms with Gasteiger partial charge in [-0.15, -0.1) is 8.57 Å². The highest BCUT2D eigenvalue weighted by molar-refractivity contribution is 7.81. The normalized spacial score (nSPS) is 19.5. The van der Waals surface area contributed by atoms with Gasteiger partial charge in [0, 0.05) is 0 Å². The van der Waals surface area contributed by atoms with E-state index in [-0.39, 0.29) is 25.9 Å². The number of nitrogens with zero attached hydrogens (tertiary/aromatic N) is 2. The summed E-state index contributed by atoms with van der Waals surface area (Å²) in [4.78, 5) is 48.3. The molecule has 13 heteroatoms. The lowest BCUT2D eigenvalue weighted by Gasteiger charge is -2.38. The van der Waals surface area contributed by atoms with Crippen LogP contribution in [0, 0.1) is 0 Å². The Labute approximate surface area is 201 Å². The van der Waals surface area contributed by atoms with Crippen LogP contribution in [0.4, 0.5) is 0 Å². The van der Waals surface area contributed by atoms with Gasteiger partial charge < -0.3 is 10.6 Å². The Kier molecular flexibility index (Phi) is 7.10. The quantitative estimate of drug-likeness (QED) is 0.402. The molecule has 2 atom stereocenters. The fourth-order valence-corrected chi connectivity index (χ4v) is 4.16. The predicted molar refractivity (Wildman–Crippen MR) is 119 cm³/mol. The molecule has 4 rings (SSSR count). The van der Waals surface area contributed by atoms with E-state index >= 15 is 0 Å². The van der Waals surface area contributed by atoms with E-state index in [9.17, 15) is 27.6 Å². The van der Waals surface area contributed by atoms with Crippen LogP contribution < -0.4 is 10.6 Å². The first-order valence-electron chi connectivity index (χ1n) is 10.6. The second-order valence-electron chi connectivity index (χ2n) is 7.92. The molecule has 0 aliphatic carbocycles. The lowest BCUT2D eigenvalue weighted by Crippen LogP contribution is -2.66. The van der Waals surface area contributed by atoms with Crippen molar-refractivity contribution < 1.29 is 36.2 Å². The molecule has 12 nitrogen and oxygen atoms in total. The van der Waals surface area contributed by atoms with Crippen LogP contribution in [0.5, 0.6) is 0 Å². The van der Waals surface area contributed by atoms with E-state index in [0.29, 0.717) is 10.1 Å². The minimum Gasteiger partial charge on any atom is -0.342 e. The van der Waals surface area contributed by atoms with Crippen molar-refractivity contribution in [3.63, 3.8) is 0 Å². The Balaban J connectivity index is 1.18. The molecule has 0 spiro atoms. The molecule has 0 bridgehead atoms. The average molecular weight is 503 g/mol. The first kappa shape index (κ1) is 24.3. The molecule has 2 N–H and O–H groups in total. The first-order chi connectivity index (χ1) is 16.7. The summed E-state index contributed by atoms with van der Waals surface area (Å²) in [6.07, 6.45) is 0.125. The van der Waals surface area contributed by atoms with Crippen LogP contribution in [0.25, 0.3) is 0 Å². The molecule has 0 radical (unpaired) electrons. The number of amides is 4. The first-order valence-corrected chi connectivity index (χ1v) is 12.0. The van der Waals surface area contributed by atoms with Crippen molar-refractivity contribution in [3.05, 3.63) is 71.8 Å². The summed E-state index contributed by atoms with van der Waals surface area (Å²) in [6, 6.07) is 15.9. The third-order valence-electron chi connectivity index (χ3n) is 5.23. The monoisotopic (exact) mass is 502 g/mol. The Hall–Kier alpha value is -3.81. The van der Waals surface area contributed by atoms with Gasteiger partial charge in [-0.3, -0.25) is 19.2 Å². The van der Waals surface area contributed by atoms with Crippen LogP contribution in [0.2, 0.25) is 0 Å². The summed E-state index contributed by atoms with van der Waals surface area (Å²) < 4.78 is 33.3. The molecule has 2 fully saturated rings. The van der Waals surface area contributed by atoms with Crippen molar-refractivity contribution >= 4 is 34.0 Å². The standard InChI is InChI=1S/C22H22N4O8S/c27-19(11-15-7-3-1-4-8-15)23-17-13-25(21(17)29)33-35(31,32)34-26-14-18(22(26)30)24-20(28)12-16-9-5-2-6-10-16/h1-10,17-18H,11-14H2,(H,23,27)(H,24,28)/t17-,18-/m0/s1. The highest BCUT2D eigenvalue weighted by atomic mass is 32.3. The molecule has 0 saturated carbocycles. The van der Waals surface area contributed by atoms with Gasteiger partial charge in [0.25, 0.3) is 11.8 Å². The maximum absolute atomic E-state index is 12.1. The zero-order valence-corrected chi connectivity index (χ0v) is 19.1. The Morgan fingerprint density at radius 2 is 1.11 bits per heavy atom. The van der Waals surface area contributed by atoms with E-state index < -0.39 is 46.1 Å². The molecule has 184 valence electrons. The fourth-order valence-electron chi connectivity index (χ4n) is 3.43. The molecular formula is C22H22N4O8S. The number of hydroxylamine groups is 4. The molecule has 4 amide bonds. The summed E-state index contributed by atoms with van der Waals surface area (Å²) in [6.45, 7) is -0.428. The predicted octanol–water partition coefficient (Wildman–Crippen LogP) is -0.766. The molecule has 2 aromatic rings. The number of carbonyl (C=O) groups is 4. The minimum absolute atomic E-state index is 0.0625. The second kappa shape index (κ2) is 10.2. The Bertz CT molecular complexity index is 1130. The molecule has 0 aromatic heterocycles. The van der Waals surface area contributed by atoms with Crippen molar-refractivity contribution in [3.8, 4) is 0 Å². The summed E-state index contributed by atoms with van der Waals surface area (Å²) in [7, 11) is -4.78. The molecule has 2 aromatic carbocycles. The summed E-state index contributed by atoms with van der Waals surface area (Å²) in [5.41, 5.74) is 1.52. The topological polar surface area (TPSA) is 151 Å². The smallest absolute Gasteiger partial charge is 0.342 e. The number of hydrogen-bond donors (Lipinski definition) is 2. The number of hydrogen-bond acceptors (Lipinski definition) is 8. The SMILES string of the molecule is O=C(Cc1ccccc1)N[C@H]1CN(OS(=O)(=O)ON2C[C@H](NC(=O)Cc3ccccc3)C2=O)C1=O. The highest BCUT2D eigenvalue weighted by Crippen LogP contribution is 2.19. The third kappa shape index (κ3) is 6.20. The van der Waals surface area contributed by atoms with Crippen molar-refractivity contribution in [1.29, 1.82) is 0 Å². The summed E-state index contributed by atoms with van der Waals surface area (Å²) >= 11 is 0. The highest BCUT2D eigenvalue weighted by Gasteiger charge is 2.45. The Morgan fingerprint density at radius 1 is 0.743 bits per heavy atom. The molecular weight excluding hydrogens is 480 g/mol. The minimum atomic E-state index is -4.78. The van der Waals surface area contributed by atoms with Gasteiger partial charge in [-0.1, -0.05) is 60.7 Å². The zero-order valence-electron chi connectivity index (χ0n) is 18.3. The van der Waals surface area contributed by atoms with Crippen LogP contribution in [0.1, 0.15) is 11.1 Å². The number of benzene rings is 2. The lowest BCUT2D eigenvalue weighted by molar-refractivity contribution is -0.197. The van der Waals surface area contributed by atoms with E-state index in [2.05, 4.69) is 19.2 Å². The fraction of sp³-hybridized carbons (Fsp3) is 0.273. The lowest BCUT2D eigenvalue weighted by atomic mass is 10.1. The van der Waals surface area contributed by atoms with E-state index in [1.807, 2.05) is 12.1 Å². The van der Waals surface area contributed by atoms with Gasteiger partial charge in [-0.2, -0.15) is 18.5 Å². The average Bonchev–Trinajstić information content (AvgIpc) is 2.83. The van der Waals surface area contributed by atoms with Crippen LogP contribution in [0.3, 0.4) is 0 Å². The Morgan fingerprint density at radius 3 is 1.46 bits per heavy atom. The number of β-lactam (4-membered cyclic amide) rings is 2. The van der Waals surface area contributed by atoms with E-state index in [1.54, 1.807) is 48.5 Å². The van der Waals surface area contributed by atoms with Gasteiger partial charge in [0.15, 0.2) is 0 Å². The molecule has 2 aliphatic rings. The van der Waals surface area contributed by atoms with Gasteiger partial charge in [0.2, 0.25) is 11.8 Å².